The highest BCUT2D eigenvalue weighted by Gasteiger charge is 2.28. The smallest absolute Gasteiger partial charge is 0.184 e. The number of aliphatic hydroxyl groups excluding tert-OH is 1. The zero-order valence-electron chi connectivity index (χ0n) is 15.4. The second-order valence-corrected chi connectivity index (χ2v) is 7.91. The lowest BCUT2D eigenvalue weighted by Gasteiger charge is -2.21. The molecular formula is C19H24N6O. The second kappa shape index (κ2) is 6.32. The molecule has 0 amide bonds. The highest BCUT2D eigenvalue weighted by Crippen LogP contribution is 2.29. The van der Waals surface area contributed by atoms with Crippen LogP contribution in [0.5, 0.6) is 0 Å². The number of rotatable bonds is 3. The molecule has 136 valence electrons. The standard InChI is InChI=1S/C19H24N6O/c1-19(2,3)18-20-16(24-10-9-14(26)12-24)15-17(21-18)25(23-22-15)11-13-7-5-4-6-8-13/h4-8,14,26H,9-12H2,1-3H3/t14-/m0/s1. The van der Waals surface area contributed by atoms with Crippen molar-refractivity contribution in [3.8, 4) is 0 Å². The van der Waals surface area contributed by atoms with E-state index in [9.17, 15) is 5.11 Å². The van der Waals surface area contributed by atoms with Gasteiger partial charge >= 0.3 is 0 Å². The number of anilines is 1. The Morgan fingerprint density at radius 2 is 1.92 bits per heavy atom. The lowest BCUT2D eigenvalue weighted by atomic mass is 9.96. The Hall–Kier alpha value is -2.54. The van der Waals surface area contributed by atoms with Gasteiger partial charge in [-0.3, -0.25) is 0 Å². The van der Waals surface area contributed by atoms with Crippen LogP contribution >= 0.6 is 0 Å². The number of fused-ring (bicyclic) bond motifs is 1. The molecule has 0 unspecified atom stereocenters. The van der Waals surface area contributed by atoms with Crippen molar-refractivity contribution < 1.29 is 5.11 Å². The van der Waals surface area contributed by atoms with Crippen LogP contribution in [0.3, 0.4) is 0 Å². The first-order valence-electron chi connectivity index (χ1n) is 9.00. The van der Waals surface area contributed by atoms with Crippen molar-refractivity contribution in [1.82, 2.24) is 25.0 Å². The van der Waals surface area contributed by atoms with Crippen LogP contribution in [0.25, 0.3) is 11.2 Å². The summed E-state index contributed by atoms with van der Waals surface area (Å²) in [6, 6.07) is 10.2. The Morgan fingerprint density at radius 3 is 2.58 bits per heavy atom. The van der Waals surface area contributed by atoms with Gasteiger partial charge in [0.05, 0.1) is 12.6 Å². The first kappa shape index (κ1) is 16.9. The van der Waals surface area contributed by atoms with Gasteiger partial charge in [-0.1, -0.05) is 56.3 Å². The summed E-state index contributed by atoms with van der Waals surface area (Å²) in [5.41, 5.74) is 2.39. The number of nitrogens with zero attached hydrogens (tertiary/aromatic N) is 6. The van der Waals surface area contributed by atoms with Crippen LogP contribution in [0.1, 0.15) is 38.6 Å². The summed E-state index contributed by atoms with van der Waals surface area (Å²) in [6.07, 6.45) is 0.423. The average Bonchev–Trinajstić information content (AvgIpc) is 3.21. The summed E-state index contributed by atoms with van der Waals surface area (Å²) in [5.74, 6) is 1.54. The van der Waals surface area contributed by atoms with Crippen LogP contribution in [0.2, 0.25) is 0 Å². The van der Waals surface area contributed by atoms with Crippen molar-refractivity contribution in [1.29, 1.82) is 0 Å². The van der Waals surface area contributed by atoms with E-state index < -0.39 is 0 Å². The lowest BCUT2D eigenvalue weighted by molar-refractivity contribution is 0.198. The first-order chi connectivity index (χ1) is 12.4. The largest absolute Gasteiger partial charge is 0.391 e. The molecule has 1 saturated heterocycles. The monoisotopic (exact) mass is 352 g/mol. The van der Waals surface area contributed by atoms with E-state index in [4.69, 9.17) is 9.97 Å². The molecule has 0 aliphatic carbocycles. The number of aliphatic hydroxyl groups is 1. The Kier molecular flexibility index (Phi) is 4.11. The molecule has 7 nitrogen and oxygen atoms in total. The maximum atomic E-state index is 9.94. The molecule has 26 heavy (non-hydrogen) atoms. The topological polar surface area (TPSA) is 80.0 Å². The van der Waals surface area contributed by atoms with Crippen LogP contribution in [-0.4, -0.2) is 49.3 Å². The van der Waals surface area contributed by atoms with Crippen LogP contribution < -0.4 is 4.90 Å². The third kappa shape index (κ3) is 3.14. The van der Waals surface area contributed by atoms with Crippen LogP contribution in [-0.2, 0) is 12.0 Å². The number of hydrogen-bond acceptors (Lipinski definition) is 6. The zero-order chi connectivity index (χ0) is 18.3. The van der Waals surface area contributed by atoms with E-state index in [1.165, 1.54) is 0 Å². The summed E-state index contributed by atoms with van der Waals surface area (Å²) >= 11 is 0. The molecule has 1 atom stereocenters. The summed E-state index contributed by atoms with van der Waals surface area (Å²) < 4.78 is 1.83. The molecule has 3 aromatic rings. The summed E-state index contributed by atoms with van der Waals surface area (Å²) in [4.78, 5) is 11.7. The van der Waals surface area contributed by atoms with Crippen molar-refractivity contribution in [2.75, 3.05) is 18.0 Å². The summed E-state index contributed by atoms with van der Waals surface area (Å²) in [5, 5.41) is 18.6. The minimum absolute atomic E-state index is 0.191. The molecule has 2 aromatic heterocycles. The Balaban J connectivity index is 1.83. The van der Waals surface area contributed by atoms with Gasteiger partial charge in [-0.25, -0.2) is 14.6 Å². The minimum Gasteiger partial charge on any atom is -0.391 e. The Bertz CT molecular complexity index is 915. The lowest BCUT2D eigenvalue weighted by Crippen LogP contribution is -2.25. The van der Waals surface area contributed by atoms with E-state index >= 15 is 0 Å². The van der Waals surface area contributed by atoms with E-state index in [1.807, 2.05) is 22.9 Å². The maximum Gasteiger partial charge on any atom is 0.184 e. The van der Waals surface area contributed by atoms with Crippen molar-refractivity contribution in [2.45, 2.75) is 45.3 Å². The predicted molar refractivity (Wildman–Crippen MR) is 100 cm³/mol. The van der Waals surface area contributed by atoms with Gasteiger partial charge in [0.2, 0.25) is 0 Å². The highest BCUT2D eigenvalue weighted by atomic mass is 16.3. The van der Waals surface area contributed by atoms with E-state index in [1.54, 1.807) is 0 Å². The summed E-state index contributed by atoms with van der Waals surface area (Å²) in [6.45, 7) is 8.25. The predicted octanol–water partition coefficient (Wildman–Crippen LogP) is 2.14. The van der Waals surface area contributed by atoms with E-state index in [0.29, 0.717) is 18.6 Å². The fraction of sp³-hybridized carbons (Fsp3) is 0.474. The summed E-state index contributed by atoms with van der Waals surface area (Å²) in [7, 11) is 0. The number of aromatic nitrogens is 5. The van der Waals surface area contributed by atoms with Crippen molar-refractivity contribution in [2.24, 2.45) is 0 Å². The second-order valence-electron chi connectivity index (χ2n) is 7.91. The quantitative estimate of drug-likeness (QED) is 0.778. The molecule has 1 aromatic carbocycles. The first-order valence-corrected chi connectivity index (χ1v) is 9.00. The fourth-order valence-corrected chi connectivity index (χ4v) is 3.19. The van der Waals surface area contributed by atoms with Gasteiger partial charge in [-0.05, 0) is 12.0 Å². The van der Waals surface area contributed by atoms with Gasteiger partial charge in [0, 0.05) is 18.5 Å². The van der Waals surface area contributed by atoms with Crippen LogP contribution in [0, 0.1) is 0 Å². The van der Waals surface area contributed by atoms with Gasteiger partial charge in [0.15, 0.2) is 17.0 Å². The number of β-amino-alcohol motifs (C(OH)–C–C–N with tert-alkyl or cyclic N) is 1. The minimum atomic E-state index is -0.322. The molecule has 0 spiro atoms. The molecule has 1 fully saturated rings. The van der Waals surface area contributed by atoms with E-state index in [2.05, 4.69) is 48.1 Å². The molecule has 0 bridgehead atoms. The normalized spacial score (nSPS) is 18.0. The SMILES string of the molecule is CC(C)(C)c1nc(N2CC[C@H](O)C2)c2nnn(Cc3ccccc3)c2n1. The van der Waals surface area contributed by atoms with E-state index in [0.717, 1.165) is 35.8 Å². The van der Waals surface area contributed by atoms with Crippen LogP contribution in [0.4, 0.5) is 5.82 Å². The highest BCUT2D eigenvalue weighted by molar-refractivity contribution is 5.83. The third-order valence-electron chi connectivity index (χ3n) is 4.65. The van der Waals surface area contributed by atoms with Gasteiger partial charge in [-0.15, -0.1) is 5.10 Å². The molecular weight excluding hydrogens is 328 g/mol. The Morgan fingerprint density at radius 1 is 1.15 bits per heavy atom. The van der Waals surface area contributed by atoms with E-state index in [-0.39, 0.29) is 11.5 Å². The maximum absolute atomic E-state index is 9.94. The van der Waals surface area contributed by atoms with Crippen molar-refractivity contribution in [3.63, 3.8) is 0 Å². The van der Waals surface area contributed by atoms with Gasteiger partial charge in [0.25, 0.3) is 0 Å². The average molecular weight is 352 g/mol. The molecule has 4 rings (SSSR count). The zero-order valence-corrected chi connectivity index (χ0v) is 15.4. The Labute approximate surface area is 152 Å². The number of hydrogen-bond donors (Lipinski definition) is 1. The fourth-order valence-electron chi connectivity index (χ4n) is 3.19. The van der Waals surface area contributed by atoms with Gasteiger partial charge in [-0.2, -0.15) is 0 Å². The molecule has 3 heterocycles. The third-order valence-corrected chi connectivity index (χ3v) is 4.65. The molecule has 1 aliphatic heterocycles. The molecule has 1 aliphatic rings. The molecule has 1 N–H and O–H groups in total. The van der Waals surface area contributed by atoms with Crippen molar-refractivity contribution in [3.05, 3.63) is 41.7 Å². The molecule has 0 saturated carbocycles. The van der Waals surface area contributed by atoms with Gasteiger partial charge < -0.3 is 10.0 Å². The molecule has 7 heteroatoms. The molecule has 0 radical (unpaired) electrons. The van der Waals surface area contributed by atoms with Crippen LogP contribution in [0.15, 0.2) is 30.3 Å². The van der Waals surface area contributed by atoms with Crippen molar-refractivity contribution >= 4 is 17.0 Å². The number of benzene rings is 1. The van der Waals surface area contributed by atoms with Gasteiger partial charge in [0.1, 0.15) is 5.82 Å².